The van der Waals surface area contributed by atoms with Gasteiger partial charge in [-0.2, -0.15) is 0 Å². The minimum atomic E-state index is 0.0264. The highest BCUT2D eigenvalue weighted by atomic mass is 79.9. The summed E-state index contributed by atoms with van der Waals surface area (Å²) in [6, 6.07) is 16.2. The number of halogens is 2. The van der Waals surface area contributed by atoms with Crippen molar-refractivity contribution in [1.82, 2.24) is 10.3 Å². The van der Waals surface area contributed by atoms with Gasteiger partial charge in [0.2, 0.25) is 0 Å². The van der Waals surface area contributed by atoms with Crippen LogP contribution in [-0.4, -0.2) is 12.0 Å². The molecule has 0 aliphatic rings. The van der Waals surface area contributed by atoms with Crippen molar-refractivity contribution in [2.45, 2.75) is 6.04 Å². The summed E-state index contributed by atoms with van der Waals surface area (Å²) in [6.07, 6.45) is 1.81. The van der Waals surface area contributed by atoms with E-state index in [4.69, 9.17) is 11.6 Å². The molecule has 1 unspecified atom stereocenters. The normalized spacial score (nSPS) is 12.5. The Bertz CT molecular complexity index is 783. The molecule has 3 aromatic rings. The van der Waals surface area contributed by atoms with Crippen LogP contribution in [0.15, 0.2) is 59.2 Å². The lowest BCUT2D eigenvalue weighted by molar-refractivity contribution is 0.697. The average Bonchev–Trinajstić information content (AvgIpc) is 2.50. The first-order valence-corrected chi connectivity index (χ1v) is 7.83. The van der Waals surface area contributed by atoms with Gasteiger partial charge in [0, 0.05) is 21.1 Å². The minimum Gasteiger partial charge on any atom is -0.309 e. The maximum Gasteiger partial charge on any atom is 0.0705 e. The van der Waals surface area contributed by atoms with Crippen molar-refractivity contribution < 1.29 is 0 Å². The molecule has 4 heteroatoms. The smallest absolute Gasteiger partial charge is 0.0705 e. The lowest BCUT2D eigenvalue weighted by atomic mass is 9.95. The first-order chi connectivity index (χ1) is 10.2. The van der Waals surface area contributed by atoms with E-state index in [0.717, 1.165) is 26.0 Å². The molecule has 1 heterocycles. The molecule has 0 saturated heterocycles. The van der Waals surface area contributed by atoms with E-state index in [1.807, 2.05) is 49.6 Å². The van der Waals surface area contributed by atoms with Crippen molar-refractivity contribution >= 4 is 38.4 Å². The van der Waals surface area contributed by atoms with E-state index in [2.05, 4.69) is 38.4 Å². The van der Waals surface area contributed by atoms with E-state index in [9.17, 15) is 0 Å². The molecule has 21 heavy (non-hydrogen) atoms. The SMILES string of the molecule is CNC(c1ccc(Br)cc1Cl)c1cccc2ncccc12. The Balaban J connectivity index is 2.18. The van der Waals surface area contributed by atoms with Crippen LogP contribution in [0.3, 0.4) is 0 Å². The second-order valence-electron chi connectivity index (χ2n) is 4.80. The van der Waals surface area contributed by atoms with Crippen LogP contribution in [-0.2, 0) is 0 Å². The molecule has 1 atom stereocenters. The van der Waals surface area contributed by atoms with Gasteiger partial charge in [-0.3, -0.25) is 4.98 Å². The highest BCUT2D eigenvalue weighted by Crippen LogP contribution is 2.33. The van der Waals surface area contributed by atoms with Gasteiger partial charge in [-0.25, -0.2) is 0 Å². The Kier molecular flexibility index (Phi) is 4.24. The third-order valence-corrected chi connectivity index (χ3v) is 4.37. The number of pyridine rings is 1. The topological polar surface area (TPSA) is 24.9 Å². The fraction of sp³-hybridized carbons (Fsp3) is 0.118. The number of hydrogen-bond donors (Lipinski definition) is 1. The van der Waals surface area contributed by atoms with E-state index < -0.39 is 0 Å². The van der Waals surface area contributed by atoms with Gasteiger partial charge in [-0.1, -0.05) is 51.8 Å². The average molecular weight is 362 g/mol. The van der Waals surface area contributed by atoms with Crippen molar-refractivity contribution in [3.05, 3.63) is 75.4 Å². The fourth-order valence-electron chi connectivity index (χ4n) is 2.59. The predicted octanol–water partition coefficient (Wildman–Crippen LogP) is 4.96. The molecular weight excluding hydrogens is 348 g/mol. The van der Waals surface area contributed by atoms with E-state index >= 15 is 0 Å². The maximum atomic E-state index is 6.42. The molecule has 3 rings (SSSR count). The zero-order chi connectivity index (χ0) is 14.8. The molecule has 2 aromatic carbocycles. The lowest BCUT2D eigenvalue weighted by Crippen LogP contribution is -2.18. The Morgan fingerprint density at radius 1 is 1.10 bits per heavy atom. The Morgan fingerprint density at radius 2 is 1.95 bits per heavy atom. The summed E-state index contributed by atoms with van der Waals surface area (Å²) < 4.78 is 0.977. The maximum absolute atomic E-state index is 6.42. The van der Waals surface area contributed by atoms with Gasteiger partial charge in [0.1, 0.15) is 0 Å². The molecule has 0 aliphatic carbocycles. The van der Waals surface area contributed by atoms with Gasteiger partial charge < -0.3 is 5.32 Å². The summed E-state index contributed by atoms with van der Waals surface area (Å²) in [6.45, 7) is 0. The molecule has 106 valence electrons. The zero-order valence-electron chi connectivity index (χ0n) is 11.5. The molecule has 1 N–H and O–H groups in total. The third kappa shape index (κ3) is 2.82. The molecular formula is C17H14BrClN2. The molecule has 1 aromatic heterocycles. The molecule has 0 saturated carbocycles. The van der Waals surface area contributed by atoms with Crippen LogP contribution in [0.2, 0.25) is 5.02 Å². The molecule has 0 spiro atoms. The standard InChI is InChI=1S/C17H14BrClN2/c1-20-17(14-8-7-11(18)10-15(14)19)13-4-2-6-16-12(13)5-3-9-21-16/h2-10,17,20H,1H3. The Labute approximate surface area is 137 Å². The Hall–Kier alpha value is -1.42. The number of nitrogens with one attached hydrogen (secondary N) is 1. The van der Waals surface area contributed by atoms with Crippen LogP contribution in [0.5, 0.6) is 0 Å². The number of nitrogens with zero attached hydrogens (tertiary/aromatic N) is 1. The molecule has 2 nitrogen and oxygen atoms in total. The van der Waals surface area contributed by atoms with Gasteiger partial charge in [-0.15, -0.1) is 0 Å². The summed E-state index contributed by atoms with van der Waals surface area (Å²) in [5.41, 5.74) is 3.22. The van der Waals surface area contributed by atoms with E-state index in [-0.39, 0.29) is 6.04 Å². The van der Waals surface area contributed by atoms with E-state index in [0.29, 0.717) is 0 Å². The first-order valence-electron chi connectivity index (χ1n) is 6.66. The van der Waals surface area contributed by atoms with Crippen molar-refractivity contribution in [2.24, 2.45) is 0 Å². The van der Waals surface area contributed by atoms with Gasteiger partial charge in [-0.05, 0) is 42.4 Å². The second-order valence-corrected chi connectivity index (χ2v) is 6.13. The second kappa shape index (κ2) is 6.14. The monoisotopic (exact) mass is 360 g/mol. The largest absolute Gasteiger partial charge is 0.309 e. The molecule has 0 fully saturated rings. The molecule has 0 bridgehead atoms. The van der Waals surface area contributed by atoms with Crippen LogP contribution in [0.4, 0.5) is 0 Å². The van der Waals surface area contributed by atoms with Crippen molar-refractivity contribution in [3.63, 3.8) is 0 Å². The van der Waals surface area contributed by atoms with E-state index in [1.54, 1.807) is 0 Å². The summed E-state index contributed by atoms with van der Waals surface area (Å²) >= 11 is 9.87. The first kappa shape index (κ1) is 14.5. The van der Waals surface area contributed by atoms with Crippen LogP contribution in [0, 0.1) is 0 Å². The summed E-state index contributed by atoms with van der Waals surface area (Å²) in [5.74, 6) is 0. The molecule has 0 aliphatic heterocycles. The van der Waals surface area contributed by atoms with Crippen molar-refractivity contribution in [1.29, 1.82) is 0 Å². The highest BCUT2D eigenvalue weighted by molar-refractivity contribution is 9.10. The van der Waals surface area contributed by atoms with E-state index in [1.165, 1.54) is 5.56 Å². The van der Waals surface area contributed by atoms with Gasteiger partial charge in [0.25, 0.3) is 0 Å². The van der Waals surface area contributed by atoms with Gasteiger partial charge >= 0.3 is 0 Å². The number of hydrogen-bond acceptors (Lipinski definition) is 2. The predicted molar refractivity (Wildman–Crippen MR) is 91.8 cm³/mol. The Morgan fingerprint density at radius 3 is 2.71 bits per heavy atom. The summed E-state index contributed by atoms with van der Waals surface area (Å²) in [5, 5.41) is 5.24. The van der Waals surface area contributed by atoms with Crippen molar-refractivity contribution in [2.75, 3.05) is 7.05 Å². The lowest BCUT2D eigenvalue weighted by Gasteiger charge is -2.20. The third-order valence-electron chi connectivity index (χ3n) is 3.55. The number of benzene rings is 2. The summed E-state index contributed by atoms with van der Waals surface area (Å²) in [4.78, 5) is 4.42. The fourth-order valence-corrected chi connectivity index (χ4v) is 3.38. The number of aromatic nitrogens is 1. The number of rotatable bonds is 3. The summed E-state index contributed by atoms with van der Waals surface area (Å²) in [7, 11) is 1.94. The van der Waals surface area contributed by atoms with Crippen LogP contribution in [0.1, 0.15) is 17.2 Å². The molecule has 0 amide bonds. The van der Waals surface area contributed by atoms with Gasteiger partial charge in [0.05, 0.1) is 11.6 Å². The quantitative estimate of drug-likeness (QED) is 0.713. The highest BCUT2D eigenvalue weighted by Gasteiger charge is 2.17. The van der Waals surface area contributed by atoms with Crippen LogP contribution >= 0.6 is 27.5 Å². The zero-order valence-corrected chi connectivity index (χ0v) is 13.8. The van der Waals surface area contributed by atoms with Crippen molar-refractivity contribution in [3.8, 4) is 0 Å². The van der Waals surface area contributed by atoms with Crippen LogP contribution in [0.25, 0.3) is 10.9 Å². The van der Waals surface area contributed by atoms with Gasteiger partial charge in [0.15, 0.2) is 0 Å². The van der Waals surface area contributed by atoms with Crippen LogP contribution < -0.4 is 5.32 Å². The molecule has 0 radical (unpaired) electrons. The number of fused-ring (bicyclic) bond motifs is 1. The minimum absolute atomic E-state index is 0.0264.